The lowest BCUT2D eigenvalue weighted by Crippen LogP contribution is -2.42. The van der Waals surface area contributed by atoms with Crippen molar-refractivity contribution in [3.8, 4) is 17.2 Å². The van der Waals surface area contributed by atoms with Crippen molar-refractivity contribution < 1.29 is 28.9 Å². The average molecular weight is 343 g/mol. The molecular weight excluding hydrogens is 326 g/mol. The highest BCUT2D eigenvalue weighted by molar-refractivity contribution is 5.91. The number of benzene rings is 2. The van der Waals surface area contributed by atoms with Gasteiger partial charge in [-0.15, -0.1) is 0 Å². The Morgan fingerprint density at radius 1 is 1.12 bits per heavy atom. The maximum atomic E-state index is 11.8. The van der Waals surface area contributed by atoms with Crippen LogP contribution in [0.5, 0.6) is 17.2 Å². The molecule has 1 atom stereocenters. The molecule has 0 spiro atoms. The van der Waals surface area contributed by atoms with E-state index in [1.165, 1.54) is 24.3 Å². The van der Waals surface area contributed by atoms with Gasteiger partial charge in [0.05, 0.1) is 12.1 Å². The van der Waals surface area contributed by atoms with E-state index < -0.39 is 18.5 Å². The minimum atomic E-state index is -0.638. The van der Waals surface area contributed by atoms with E-state index in [0.717, 1.165) is 0 Å². The fourth-order valence-electron chi connectivity index (χ4n) is 2.25. The molecule has 7 nitrogen and oxygen atoms in total. The average Bonchev–Trinajstić information content (AvgIpc) is 2.65. The van der Waals surface area contributed by atoms with Gasteiger partial charge in [-0.1, -0.05) is 12.1 Å². The van der Waals surface area contributed by atoms with Crippen molar-refractivity contribution in [3.63, 3.8) is 0 Å². The molecule has 0 saturated heterocycles. The lowest BCUT2D eigenvalue weighted by molar-refractivity contribution is -0.124. The Balaban J connectivity index is 1.41. The molecule has 0 aliphatic carbocycles. The normalized spacial score (nSPS) is 15.3. The number of para-hydroxylation sites is 2. The monoisotopic (exact) mass is 343 g/mol. The number of aromatic hydroxyl groups is 1. The molecule has 1 aliphatic heterocycles. The number of ether oxygens (including phenoxy) is 3. The number of nitrogens with one attached hydrogen (secondary N) is 1. The number of phenols is 1. The molecule has 2 aromatic carbocycles. The molecular formula is C18H17NO6. The van der Waals surface area contributed by atoms with Gasteiger partial charge in [-0.05, 0) is 36.4 Å². The summed E-state index contributed by atoms with van der Waals surface area (Å²) in [6.45, 7) is 0.165. The second-order valence-electron chi connectivity index (χ2n) is 5.42. The van der Waals surface area contributed by atoms with Gasteiger partial charge in [0.2, 0.25) is 0 Å². The third kappa shape index (κ3) is 4.41. The molecule has 25 heavy (non-hydrogen) atoms. The first-order valence-corrected chi connectivity index (χ1v) is 7.73. The van der Waals surface area contributed by atoms with Gasteiger partial charge in [0, 0.05) is 0 Å². The summed E-state index contributed by atoms with van der Waals surface area (Å²) >= 11 is 0. The molecule has 7 heteroatoms. The molecule has 0 bridgehead atoms. The van der Waals surface area contributed by atoms with Crippen LogP contribution in [-0.4, -0.2) is 42.8 Å². The number of rotatable bonds is 5. The zero-order valence-corrected chi connectivity index (χ0v) is 13.3. The van der Waals surface area contributed by atoms with E-state index in [4.69, 9.17) is 14.2 Å². The number of esters is 1. The Morgan fingerprint density at radius 3 is 2.60 bits per heavy atom. The molecule has 2 N–H and O–H groups in total. The fraction of sp³-hybridized carbons (Fsp3) is 0.222. The SMILES string of the molecule is O=C(COC(=O)c1ccc(O)cc1)NC[C@H]1COc2ccccc2O1. The van der Waals surface area contributed by atoms with Crippen LogP contribution in [0.2, 0.25) is 0 Å². The van der Waals surface area contributed by atoms with Gasteiger partial charge in [0.25, 0.3) is 5.91 Å². The van der Waals surface area contributed by atoms with Gasteiger partial charge >= 0.3 is 5.97 Å². The summed E-state index contributed by atoms with van der Waals surface area (Å²) in [5.74, 6) is 0.279. The van der Waals surface area contributed by atoms with Gasteiger partial charge in [-0.3, -0.25) is 4.79 Å². The van der Waals surface area contributed by atoms with Crippen LogP contribution in [0.3, 0.4) is 0 Å². The largest absolute Gasteiger partial charge is 0.508 e. The van der Waals surface area contributed by atoms with Crippen LogP contribution in [0.25, 0.3) is 0 Å². The van der Waals surface area contributed by atoms with E-state index in [1.54, 1.807) is 6.07 Å². The lowest BCUT2D eigenvalue weighted by atomic mass is 10.2. The zero-order chi connectivity index (χ0) is 17.6. The molecule has 130 valence electrons. The number of fused-ring (bicyclic) bond motifs is 1. The van der Waals surface area contributed by atoms with E-state index in [1.807, 2.05) is 18.2 Å². The zero-order valence-electron chi connectivity index (χ0n) is 13.3. The van der Waals surface area contributed by atoms with Crippen LogP contribution in [0.1, 0.15) is 10.4 Å². The molecule has 1 heterocycles. The van der Waals surface area contributed by atoms with Gasteiger partial charge in [0.15, 0.2) is 18.1 Å². The summed E-state index contributed by atoms with van der Waals surface area (Å²) in [5.41, 5.74) is 0.256. The van der Waals surface area contributed by atoms with Crippen molar-refractivity contribution in [1.82, 2.24) is 5.32 Å². The first-order valence-electron chi connectivity index (χ1n) is 7.73. The Morgan fingerprint density at radius 2 is 1.84 bits per heavy atom. The number of hydrogen-bond acceptors (Lipinski definition) is 6. The first-order chi connectivity index (χ1) is 12.1. The maximum Gasteiger partial charge on any atom is 0.338 e. The Hall–Kier alpha value is -3.22. The van der Waals surface area contributed by atoms with Crippen LogP contribution in [0.15, 0.2) is 48.5 Å². The van der Waals surface area contributed by atoms with E-state index in [9.17, 15) is 14.7 Å². The summed E-state index contributed by atoms with van der Waals surface area (Å²) in [5, 5.41) is 11.8. The number of phenolic OH excluding ortho intramolecular Hbond substituents is 1. The summed E-state index contributed by atoms with van der Waals surface area (Å²) in [7, 11) is 0. The molecule has 0 unspecified atom stereocenters. The van der Waals surface area contributed by atoms with Crippen LogP contribution >= 0.6 is 0 Å². The fourth-order valence-corrected chi connectivity index (χ4v) is 2.25. The van der Waals surface area contributed by atoms with E-state index >= 15 is 0 Å². The molecule has 1 amide bonds. The third-order valence-electron chi connectivity index (χ3n) is 3.53. The van der Waals surface area contributed by atoms with Crippen molar-refractivity contribution >= 4 is 11.9 Å². The summed E-state index contributed by atoms with van der Waals surface area (Å²) < 4.78 is 16.2. The summed E-state index contributed by atoms with van der Waals surface area (Å²) in [4.78, 5) is 23.6. The van der Waals surface area contributed by atoms with E-state index in [2.05, 4.69) is 5.32 Å². The quantitative estimate of drug-likeness (QED) is 0.799. The van der Waals surface area contributed by atoms with Gasteiger partial charge in [-0.2, -0.15) is 0 Å². The molecule has 2 aromatic rings. The Bertz CT molecular complexity index is 758. The molecule has 0 saturated carbocycles. The van der Waals surface area contributed by atoms with Crippen molar-refractivity contribution in [2.24, 2.45) is 0 Å². The van der Waals surface area contributed by atoms with Crippen LogP contribution in [-0.2, 0) is 9.53 Å². The van der Waals surface area contributed by atoms with Crippen LogP contribution in [0.4, 0.5) is 0 Å². The maximum absolute atomic E-state index is 11.8. The molecule has 0 radical (unpaired) electrons. The predicted octanol–water partition coefficient (Wildman–Crippen LogP) is 1.51. The van der Waals surface area contributed by atoms with E-state index in [0.29, 0.717) is 18.1 Å². The standard InChI is InChI=1S/C18H17NO6/c20-13-7-5-12(6-8-13)18(22)24-11-17(21)19-9-14-10-23-15-3-1-2-4-16(15)25-14/h1-8,14,20H,9-11H2,(H,19,21)/t14-/m0/s1. The number of carbonyl (C=O) groups is 2. The van der Waals surface area contributed by atoms with Gasteiger partial charge in [-0.25, -0.2) is 4.79 Å². The minimum Gasteiger partial charge on any atom is -0.508 e. The van der Waals surface area contributed by atoms with Crippen molar-refractivity contribution in [2.75, 3.05) is 19.8 Å². The molecule has 3 rings (SSSR count). The second-order valence-corrected chi connectivity index (χ2v) is 5.42. The van der Waals surface area contributed by atoms with Crippen molar-refractivity contribution in [2.45, 2.75) is 6.10 Å². The Kier molecular flexibility index (Phi) is 5.03. The number of carbonyl (C=O) groups excluding carboxylic acids is 2. The van der Waals surface area contributed by atoms with Crippen molar-refractivity contribution in [1.29, 1.82) is 0 Å². The van der Waals surface area contributed by atoms with Gasteiger partial charge < -0.3 is 24.6 Å². The van der Waals surface area contributed by atoms with E-state index in [-0.39, 0.29) is 24.0 Å². The first kappa shape index (κ1) is 16.6. The van der Waals surface area contributed by atoms with Crippen LogP contribution in [0, 0.1) is 0 Å². The highest BCUT2D eigenvalue weighted by atomic mass is 16.6. The van der Waals surface area contributed by atoms with Crippen LogP contribution < -0.4 is 14.8 Å². The number of hydrogen-bond donors (Lipinski definition) is 2. The Labute approximate surface area is 144 Å². The number of amides is 1. The third-order valence-corrected chi connectivity index (χ3v) is 3.53. The predicted molar refractivity (Wildman–Crippen MR) is 87.8 cm³/mol. The topological polar surface area (TPSA) is 94.1 Å². The highest BCUT2D eigenvalue weighted by Crippen LogP contribution is 2.30. The van der Waals surface area contributed by atoms with Gasteiger partial charge in [0.1, 0.15) is 18.5 Å². The summed E-state index contributed by atoms with van der Waals surface area (Å²) in [6.07, 6.45) is -0.313. The second kappa shape index (κ2) is 7.57. The highest BCUT2D eigenvalue weighted by Gasteiger charge is 2.21. The molecule has 1 aliphatic rings. The molecule has 0 fully saturated rings. The minimum absolute atomic E-state index is 0.0468. The summed E-state index contributed by atoms with van der Waals surface area (Å²) in [6, 6.07) is 12.9. The van der Waals surface area contributed by atoms with Crippen molar-refractivity contribution in [3.05, 3.63) is 54.1 Å². The molecule has 0 aromatic heterocycles. The lowest BCUT2D eigenvalue weighted by Gasteiger charge is -2.26. The smallest absolute Gasteiger partial charge is 0.338 e.